The minimum Gasteiger partial charge on any atom is -0.489 e. The topological polar surface area (TPSA) is 149 Å². The van der Waals surface area contributed by atoms with Crippen molar-refractivity contribution in [2.45, 2.75) is 142 Å². The first kappa shape index (κ1) is 52.1. The number of nitrogens with one attached hydrogen (secondary N) is 2. The van der Waals surface area contributed by atoms with Gasteiger partial charge in [0.2, 0.25) is 11.8 Å². The van der Waals surface area contributed by atoms with E-state index in [2.05, 4.69) is 10.6 Å². The van der Waals surface area contributed by atoms with Crippen molar-refractivity contribution in [1.82, 2.24) is 14.7 Å². The van der Waals surface area contributed by atoms with Crippen LogP contribution in [0.5, 0.6) is 5.75 Å². The third-order valence-corrected chi connectivity index (χ3v) is 15.1. The Morgan fingerprint density at radius 1 is 0.493 bits per heavy atom. The highest BCUT2D eigenvalue weighted by atomic mass is 16.5. The summed E-state index contributed by atoms with van der Waals surface area (Å²) in [7, 11) is 0. The van der Waals surface area contributed by atoms with Crippen LogP contribution >= 0.6 is 0 Å². The Labute approximate surface area is 430 Å². The lowest BCUT2D eigenvalue weighted by atomic mass is 9.80. The molecule has 4 aliphatic rings. The van der Waals surface area contributed by atoms with Gasteiger partial charge in [-0.05, 0) is 109 Å². The van der Waals surface area contributed by atoms with E-state index >= 15 is 0 Å². The van der Waals surface area contributed by atoms with Crippen LogP contribution in [0.1, 0.15) is 125 Å². The molecule has 5 aromatic rings. The number of urea groups is 2. The molecule has 0 unspecified atom stereocenters. The Morgan fingerprint density at radius 3 is 1.38 bits per heavy atom. The average molecular weight is 987 g/mol. The van der Waals surface area contributed by atoms with Gasteiger partial charge in [-0.1, -0.05) is 163 Å². The molecule has 0 aromatic heterocycles. The highest BCUT2D eigenvalue weighted by Crippen LogP contribution is 2.44. The van der Waals surface area contributed by atoms with Crippen LogP contribution in [0.3, 0.4) is 0 Å². The quantitative estimate of drug-likeness (QED) is 0.0935. The highest BCUT2D eigenvalue weighted by molar-refractivity contribution is 6.18. The molecule has 73 heavy (non-hydrogen) atoms. The van der Waals surface area contributed by atoms with Crippen LogP contribution in [0.2, 0.25) is 0 Å². The van der Waals surface area contributed by atoms with Gasteiger partial charge in [0.15, 0.2) is 0 Å². The van der Waals surface area contributed by atoms with E-state index in [1.807, 2.05) is 149 Å². The molecule has 2 N–H and O–H groups in total. The number of anilines is 3. The largest absolute Gasteiger partial charge is 0.489 e. The molecule has 9 rings (SSSR count). The summed E-state index contributed by atoms with van der Waals surface area (Å²) in [6.45, 7) is 8.43. The zero-order valence-corrected chi connectivity index (χ0v) is 42.9. The van der Waals surface area contributed by atoms with Gasteiger partial charge in [0.1, 0.15) is 36.5 Å². The maximum atomic E-state index is 13.9. The summed E-state index contributed by atoms with van der Waals surface area (Å²) >= 11 is 0. The molecular weight excluding hydrogens is 917 g/mol. The summed E-state index contributed by atoms with van der Waals surface area (Å²) in [5, 5.41) is 6.01. The van der Waals surface area contributed by atoms with Crippen molar-refractivity contribution in [1.29, 1.82) is 0 Å². The zero-order valence-electron chi connectivity index (χ0n) is 42.9. The molecular formula is C60H70N6O7. The molecule has 2 saturated carbocycles. The minimum absolute atomic E-state index is 0.224. The first-order valence-electron chi connectivity index (χ1n) is 26.4. The third-order valence-electron chi connectivity index (χ3n) is 15.1. The number of aryl methyl sites for hydroxylation is 4. The Bertz CT molecular complexity index is 2720. The zero-order chi connectivity index (χ0) is 51.5. The van der Waals surface area contributed by atoms with E-state index in [1.54, 1.807) is 9.80 Å². The number of rotatable bonds is 16. The van der Waals surface area contributed by atoms with E-state index in [9.17, 15) is 28.8 Å². The van der Waals surface area contributed by atoms with Crippen LogP contribution in [0.15, 0.2) is 121 Å². The van der Waals surface area contributed by atoms with Crippen molar-refractivity contribution in [2.75, 3.05) is 28.6 Å². The summed E-state index contributed by atoms with van der Waals surface area (Å²) in [5.74, 6) is -0.524. The summed E-state index contributed by atoms with van der Waals surface area (Å²) in [4.78, 5) is 86.8. The van der Waals surface area contributed by atoms with Gasteiger partial charge in [-0.25, -0.2) is 9.59 Å². The third kappa shape index (κ3) is 11.1. The molecule has 4 fully saturated rings. The molecule has 0 bridgehead atoms. The molecule has 13 nitrogen and oxygen atoms in total. The molecule has 13 heteroatoms. The first-order chi connectivity index (χ1) is 35.5. The van der Waals surface area contributed by atoms with Crippen LogP contribution in [0.4, 0.5) is 26.7 Å². The second-order valence-electron chi connectivity index (χ2n) is 19.6. The number of nitrogens with zero attached hydrogens (tertiary/aromatic N) is 4. The van der Waals surface area contributed by atoms with Crippen molar-refractivity contribution < 1.29 is 33.5 Å². The van der Waals surface area contributed by atoms with Crippen LogP contribution in [0.25, 0.3) is 0 Å². The number of hydrogen-bond acceptors (Lipinski definition) is 7. The number of benzene rings is 5. The lowest BCUT2D eigenvalue weighted by molar-refractivity contribution is -0.137. The average Bonchev–Trinajstić information content (AvgIpc) is 3.72. The van der Waals surface area contributed by atoms with E-state index in [1.165, 1.54) is 4.90 Å². The molecule has 2 aliphatic carbocycles. The van der Waals surface area contributed by atoms with Crippen LogP contribution in [-0.4, -0.2) is 74.6 Å². The molecule has 2 heterocycles. The van der Waals surface area contributed by atoms with Crippen molar-refractivity contribution in [3.8, 4) is 5.75 Å². The number of carbonyl (C=O) groups is 6. The second kappa shape index (κ2) is 23.5. The summed E-state index contributed by atoms with van der Waals surface area (Å²) in [6.07, 6.45) is 11.2. The van der Waals surface area contributed by atoms with E-state index in [0.717, 1.165) is 114 Å². The van der Waals surface area contributed by atoms with Crippen LogP contribution in [-0.2, 0) is 58.0 Å². The number of para-hydroxylation sites is 2. The van der Waals surface area contributed by atoms with Gasteiger partial charge < -0.3 is 20.3 Å². The molecule has 2 aliphatic heterocycles. The minimum atomic E-state index is -0.960. The lowest BCUT2D eigenvalue weighted by Crippen LogP contribution is -2.51. The van der Waals surface area contributed by atoms with Crippen molar-refractivity contribution in [3.05, 3.63) is 155 Å². The molecule has 0 radical (unpaired) electrons. The van der Waals surface area contributed by atoms with Gasteiger partial charge in [0.25, 0.3) is 11.8 Å². The Kier molecular flexibility index (Phi) is 16.8. The van der Waals surface area contributed by atoms with E-state index in [4.69, 9.17) is 4.74 Å². The molecule has 8 amide bonds. The maximum absolute atomic E-state index is 13.9. The van der Waals surface area contributed by atoms with E-state index in [0.29, 0.717) is 50.3 Å². The van der Waals surface area contributed by atoms with Crippen LogP contribution < -0.4 is 20.3 Å². The number of amides is 8. The number of imide groups is 2. The fourth-order valence-corrected chi connectivity index (χ4v) is 11.2. The molecule has 5 aromatic carbocycles. The Hall–Kier alpha value is -7.28. The van der Waals surface area contributed by atoms with Crippen molar-refractivity contribution >= 4 is 52.8 Å². The highest BCUT2D eigenvalue weighted by Gasteiger charge is 2.59. The van der Waals surface area contributed by atoms with Crippen molar-refractivity contribution in [3.63, 3.8) is 0 Å². The molecule has 2 spiro atoms. The SMILES string of the molecule is CCc1cccc(CC)c1NC(=O)CN1C(=O)N(Cc2ccccc2)C2(CCCCC2)C1=O.CCc1cccc(CC)c1NC(=O)CN1C(=O)N(c2ccc(OCc3ccccc3)cc2)C2(CCCCC2)C1=O. The monoisotopic (exact) mass is 987 g/mol. The lowest BCUT2D eigenvalue weighted by Gasteiger charge is -2.38. The smallest absolute Gasteiger partial charge is 0.332 e. The maximum Gasteiger partial charge on any atom is 0.332 e. The molecule has 0 atom stereocenters. The number of hydrogen-bond donors (Lipinski definition) is 2. The fourth-order valence-electron chi connectivity index (χ4n) is 11.2. The van der Waals surface area contributed by atoms with Gasteiger partial charge >= 0.3 is 12.1 Å². The first-order valence-corrected chi connectivity index (χ1v) is 26.4. The predicted molar refractivity (Wildman–Crippen MR) is 285 cm³/mol. The van der Waals surface area contributed by atoms with Gasteiger partial charge in [-0.15, -0.1) is 0 Å². The molecule has 382 valence electrons. The second-order valence-corrected chi connectivity index (χ2v) is 19.6. The number of carbonyl (C=O) groups excluding carboxylic acids is 6. The Morgan fingerprint density at radius 2 is 0.918 bits per heavy atom. The summed E-state index contributed by atoms with van der Waals surface area (Å²) in [6, 6.07) is 38.1. The van der Waals surface area contributed by atoms with Crippen molar-refractivity contribution in [2.24, 2.45) is 0 Å². The van der Waals surface area contributed by atoms with Gasteiger partial charge in [-0.2, -0.15) is 0 Å². The van der Waals surface area contributed by atoms with E-state index in [-0.39, 0.29) is 42.7 Å². The summed E-state index contributed by atoms with van der Waals surface area (Å²) in [5.41, 5.74) is 6.66. The van der Waals surface area contributed by atoms with E-state index < -0.39 is 17.1 Å². The van der Waals surface area contributed by atoms with Crippen LogP contribution in [0, 0.1) is 0 Å². The van der Waals surface area contributed by atoms with Gasteiger partial charge in [-0.3, -0.25) is 33.9 Å². The summed E-state index contributed by atoms with van der Waals surface area (Å²) < 4.78 is 5.93. The fraction of sp³-hybridized carbons (Fsp3) is 0.400. The normalized spacial score (nSPS) is 17.0. The van der Waals surface area contributed by atoms with Gasteiger partial charge in [0, 0.05) is 23.6 Å². The Balaban J connectivity index is 0.000000199. The van der Waals surface area contributed by atoms with Gasteiger partial charge in [0.05, 0.1) is 0 Å². The standard InChI is InChI=1S/C33H37N3O4.C27H33N3O3/c1-3-25-14-11-15-26(4-2)30(25)34-29(37)22-35-31(38)33(20-9-6-10-21-33)36(32(35)39)27-16-18-28(19-17-27)40-23-24-12-7-5-8-13-24;1-3-21-14-11-15-22(4-2)24(21)28-23(31)19-29-25(32)27(16-9-6-10-17-27)30(26(29)33)18-20-12-7-5-8-13-20/h5,7-8,11-19H,3-4,6,9-10,20-23H2,1-2H3,(H,34,37);5,7-8,11-15H,3-4,6,9-10,16-19H2,1-2H3,(H,28,31). The molecule has 2 saturated heterocycles. The number of ether oxygens (including phenoxy) is 1. The predicted octanol–water partition coefficient (Wildman–Crippen LogP) is 11.4.